The summed E-state index contributed by atoms with van der Waals surface area (Å²) in [4.78, 5) is 0. The molecule has 0 saturated carbocycles. The van der Waals surface area contributed by atoms with E-state index in [4.69, 9.17) is 16.9 Å². The van der Waals surface area contributed by atoms with Crippen molar-refractivity contribution in [3.63, 3.8) is 0 Å². The maximum absolute atomic E-state index is 8.39. The van der Waals surface area contributed by atoms with Crippen molar-refractivity contribution in [1.82, 2.24) is 0 Å². The first-order chi connectivity index (χ1) is 4.33. The van der Waals surface area contributed by atoms with E-state index in [2.05, 4.69) is 6.07 Å². The summed E-state index contributed by atoms with van der Waals surface area (Å²) in [5, 5.41) is 9.23. The summed E-state index contributed by atoms with van der Waals surface area (Å²) in [5.41, 5.74) is 0.819. The zero-order chi connectivity index (χ0) is 6.69. The molecule has 0 N–H and O–H groups in total. The fourth-order valence-electron chi connectivity index (χ4n) is 0.705. The Morgan fingerprint density at radius 2 is 2.22 bits per heavy atom. The van der Waals surface area contributed by atoms with Gasteiger partial charge in [-0.3, -0.25) is 0 Å². The van der Waals surface area contributed by atoms with Gasteiger partial charge in [-0.15, -0.1) is 0 Å². The molecule has 0 atom stereocenters. The lowest BCUT2D eigenvalue weighted by Crippen LogP contribution is -1.85. The Hall–Kier alpha value is -0.740. The topological polar surface area (TPSA) is 23.8 Å². The molecule has 0 aromatic carbocycles. The monoisotopic (exact) mass is 139 g/mol. The Balaban J connectivity index is 2.73. The normalized spacial score (nSPS) is 17.8. The molecule has 0 aromatic heterocycles. The number of hydrogen-bond donors (Lipinski definition) is 0. The molecule has 1 aliphatic carbocycles. The second-order valence-corrected chi connectivity index (χ2v) is 2.40. The van der Waals surface area contributed by atoms with Crippen LogP contribution in [0.4, 0.5) is 0 Å². The average molecular weight is 140 g/mol. The number of halogens is 1. The summed E-state index contributed by atoms with van der Waals surface area (Å²) < 4.78 is 0. The Kier molecular flexibility index (Phi) is 1.92. The molecular weight excluding hydrogens is 134 g/mol. The van der Waals surface area contributed by atoms with Gasteiger partial charge in [-0.25, -0.2) is 0 Å². The third kappa shape index (κ3) is 1.58. The van der Waals surface area contributed by atoms with Gasteiger partial charge in [-0.1, -0.05) is 11.6 Å². The van der Waals surface area contributed by atoms with Crippen LogP contribution in [0.5, 0.6) is 0 Å². The summed E-state index contributed by atoms with van der Waals surface area (Å²) >= 11 is 5.65. The van der Waals surface area contributed by atoms with E-state index in [1.165, 1.54) is 0 Å². The third-order valence-electron chi connectivity index (χ3n) is 1.24. The van der Waals surface area contributed by atoms with Crippen LogP contribution in [-0.4, -0.2) is 0 Å². The van der Waals surface area contributed by atoms with Crippen LogP contribution in [0, 0.1) is 11.3 Å². The van der Waals surface area contributed by atoms with Gasteiger partial charge in [-0.2, -0.15) is 5.26 Å². The van der Waals surface area contributed by atoms with Gasteiger partial charge in [0.25, 0.3) is 0 Å². The molecule has 0 bridgehead atoms. The molecule has 1 aliphatic rings. The lowest BCUT2D eigenvalue weighted by molar-refractivity contribution is 0.977. The van der Waals surface area contributed by atoms with Crippen molar-refractivity contribution in [2.75, 3.05) is 0 Å². The molecule has 0 fully saturated rings. The van der Waals surface area contributed by atoms with Crippen LogP contribution in [0.1, 0.15) is 12.8 Å². The second kappa shape index (κ2) is 2.70. The van der Waals surface area contributed by atoms with Crippen LogP contribution in [0.2, 0.25) is 0 Å². The van der Waals surface area contributed by atoms with Gasteiger partial charge in [0, 0.05) is 10.6 Å². The molecule has 0 radical (unpaired) electrons. The standard InChI is InChI=1S/C7H6ClN/c8-7-3-1-6(5-9)2-4-7/h1,3H,2,4H2. The SMILES string of the molecule is N#CC1=CC=C(Cl)CC1. The molecular formula is C7H6ClN. The summed E-state index contributed by atoms with van der Waals surface area (Å²) in [6.07, 6.45) is 5.17. The lowest BCUT2D eigenvalue weighted by atomic mass is 10.1. The summed E-state index contributed by atoms with van der Waals surface area (Å²) in [6.45, 7) is 0. The van der Waals surface area contributed by atoms with E-state index < -0.39 is 0 Å². The Morgan fingerprint density at radius 3 is 2.67 bits per heavy atom. The number of hydrogen-bond acceptors (Lipinski definition) is 1. The summed E-state index contributed by atoms with van der Waals surface area (Å²) in [6, 6.07) is 2.08. The maximum Gasteiger partial charge on any atom is 0.0947 e. The predicted molar refractivity (Wildman–Crippen MR) is 36.9 cm³/mol. The predicted octanol–water partition coefficient (Wildman–Crippen LogP) is 2.35. The van der Waals surface area contributed by atoms with Crippen LogP contribution < -0.4 is 0 Å². The van der Waals surface area contributed by atoms with Crippen LogP contribution in [0.25, 0.3) is 0 Å². The van der Waals surface area contributed by atoms with E-state index in [9.17, 15) is 0 Å². The molecule has 1 nitrogen and oxygen atoms in total. The number of nitriles is 1. The Morgan fingerprint density at radius 1 is 1.44 bits per heavy atom. The van der Waals surface area contributed by atoms with Crippen molar-refractivity contribution in [2.24, 2.45) is 0 Å². The quantitative estimate of drug-likeness (QED) is 0.506. The number of allylic oxidation sites excluding steroid dienone is 4. The first-order valence-electron chi connectivity index (χ1n) is 2.78. The van der Waals surface area contributed by atoms with Gasteiger partial charge in [0.15, 0.2) is 0 Å². The average Bonchev–Trinajstić information content (AvgIpc) is 1.90. The van der Waals surface area contributed by atoms with E-state index in [1.54, 1.807) is 12.2 Å². The van der Waals surface area contributed by atoms with E-state index in [1.807, 2.05) is 0 Å². The number of rotatable bonds is 0. The Labute approximate surface area is 59.2 Å². The van der Waals surface area contributed by atoms with Crippen molar-refractivity contribution in [3.8, 4) is 6.07 Å². The molecule has 0 amide bonds. The van der Waals surface area contributed by atoms with Crippen LogP contribution in [0.3, 0.4) is 0 Å². The van der Waals surface area contributed by atoms with Gasteiger partial charge in [0.05, 0.1) is 6.07 Å². The van der Waals surface area contributed by atoms with Crippen molar-refractivity contribution in [2.45, 2.75) is 12.8 Å². The van der Waals surface area contributed by atoms with Crippen LogP contribution in [0.15, 0.2) is 22.8 Å². The first-order valence-corrected chi connectivity index (χ1v) is 3.16. The van der Waals surface area contributed by atoms with Crippen LogP contribution in [-0.2, 0) is 0 Å². The zero-order valence-corrected chi connectivity index (χ0v) is 5.65. The fraction of sp³-hybridized carbons (Fsp3) is 0.286. The van der Waals surface area contributed by atoms with Crippen molar-refractivity contribution in [3.05, 3.63) is 22.8 Å². The zero-order valence-electron chi connectivity index (χ0n) is 4.89. The molecule has 0 saturated heterocycles. The molecule has 0 unspecified atom stereocenters. The van der Waals surface area contributed by atoms with Gasteiger partial charge in [0.1, 0.15) is 0 Å². The van der Waals surface area contributed by atoms with Crippen molar-refractivity contribution < 1.29 is 0 Å². The minimum absolute atomic E-state index is 0.797. The molecule has 2 heteroatoms. The third-order valence-corrected chi connectivity index (χ3v) is 1.56. The van der Waals surface area contributed by atoms with E-state index in [0.717, 1.165) is 23.4 Å². The summed E-state index contributed by atoms with van der Waals surface area (Å²) in [5.74, 6) is 0. The van der Waals surface area contributed by atoms with E-state index in [-0.39, 0.29) is 0 Å². The summed E-state index contributed by atoms with van der Waals surface area (Å²) in [7, 11) is 0. The minimum atomic E-state index is 0.797. The molecule has 0 aromatic rings. The van der Waals surface area contributed by atoms with Gasteiger partial charge >= 0.3 is 0 Å². The van der Waals surface area contributed by atoms with E-state index in [0.29, 0.717) is 0 Å². The number of nitrogens with zero attached hydrogens (tertiary/aromatic N) is 1. The fourth-order valence-corrected chi connectivity index (χ4v) is 0.862. The highest BCUT2D eigenvalue weighted by molar-refractivity contribution is 6.29. The molecule has 0 spiro atoms. The van der Waals surface area contributed by atoms with Crippen molar-refractivity contribution in [1.29, 1.82) is 5.26 Å². The van der Waals surface area contributed by atoms with E-state index >= 15 is 0 Å². The second-order valence-electron chi connectivity index (χ2n) is 1.92. The molecule has 9 heavy (non-hydrogen) atoms. The minimum Gasteiger partial charge on any atom is -0.193 e. The highest BCUT2D eigenvalue weighted by Crippen LogP contribution is 2.19. The molecule has 0 aliphatic heterocycles. The van der Waals surface area contributed by atoms with Crippen LogP contribution >= 0.6 is 11.6 Å². The molecule has 0 heterocycles. The molecule has 1 rings (SSSR count). The lowest BCUT2D eigenvalue weighted by Gasteiger charge is -2.01. The Bertz CT molecular complexity index is 207. The first kappa shape index (κ1) is 6.38. The largest absolute Gasteiger partial charge is 0.193 e. The van der Waals surface area contributed by atoms with Gasteiger partial charge < -0.3 is 0 Å². The molecule has 46 valence electrons. The highest BCUT2D eigenvalue weighted by atomic mass is 35.5. The van der Waals surface area contributed by atoms with Crippen molar-refractivity contribution >= 4 is 11.6 Å². The highest BCUT2D eigenvalue weighted by Gasteiger charge is 2.01. The van der Waals surface area contributed by atoms with Gasteiger partial charge in [0.2, 0.25) is 0 Å². The van der Waals surface area contributed by atoms with Gasteiger partial charge in [-0.05, 0) is 25.0 Å². The smallest absolute Gasteiger partial charge is 0.0947 e. The maximum atomic E-state index is 8.39.